The van der Waals surface area contributed by atoms with E-state index >= 15 is 0 Å². The average molecular weight is 447 g/mol. The van der Waals surface area contributed by atoms with Gasteiger partial charge in [-0.25, -0.2) is 0 Å². The molecule has 1 saturated carbocycles. The Morgan fingerprint density at radius 3 is 2.55 bits per heavy atom. The number of fused-ring (bicyclic) bond motifs is 2. The molecule has 0 spiro atoms. The highest BCUT2D eigenvalue weighted by Crippen LogP contribution is 2.59. The largest absolute Gasteiger partial charge is 0.494 e. The Hall–Kier alpha value is -1.67. The second-order valence-electron chi connectivity index (χ2n) is 8.84. The van der Waals surface area contributed by atoms with Crippen molar-refractivity contribution in [2.45, 2.75) is 61.8 Å². The van der Waals surface area contributed by atoms with Crippen molar-refractivity contribution in [3.05, 3.63) is 64.2 Å². The molecule has 7 heteroatoms. The first-order valence-corrected chi connectivity index (χ1v) is 11.1. The monoisotopic (exact) mass is 446 g/mol. The van der Waals surface area contributed by atoms with Crippen LogP contribution in [0.15, 0.2) is 42.5 Å². The number of hydrogen-bond acceptors (Lipinski definition) is 6. The molecule has 2 heterocycles. The lowest BCUT2D eigenvalue weighted by atomic mass is 9.80. The first-order chi connectivity index (χ1) is 14.8. The molecule has 3 fully saturated rings. The number of aliphatic hydroxyl groups is 3. The molecule has 5 rings (SSSR count). The van der Waals surface area contributed by atoms with E-state index in [0.717, 1.165) is 22.4 Å². The molecule has 2 saturated heterocycles. The molecule has 0 aromatic heterocycles. The molecule has 1 aliphatic carbocycles. The molecule has 2 aromatic carbocycles. The summed E-state index contributed by atoms with van der Waals surface area (Å²) in [5.74, 6) is -0.406. The zero-order valence-electron chi connectivity index (χ0n) is 17.4. The maximum atomic E-state index is 10.8. The summed E-state index contributed by atoms with van der Waals surface area (Å²) in [6.07, 6.45) is -0.553. The first-order valence-electron chi connectivity index (χ1n) is 10.7. The lowest BCUT2D eigenvalue weighted by Gasteiger charge is -2.46. The summed E-state index contributed by atoms with van der Waals surface area (Å²) in [7, 11) is 0. The minimum absolute atomic E-state index is 0.0264. The molecule has 0 amide bonds. The lowest BCUT2D eigenvalue weighted by molar-refractivity contribution is -0.299. The number of hydrogen-bond donors (Lipinski definition) is 3. The summed E-state index contributed by atoms with van der Waals surface area (Å²) in [6, 6.07) is 13.4. The number of rotatable bonds is 6. The van der Waals surface area contributed by atoms with E-state index in [9.17, 15) is 15.3 Å². The third-order valence-electron chi connectivity index (χ3n) is 6.81. The van der Waals surface area contributed by atoms with Crippen molar-refractivity contribution < 1.29 is 29.5 Å². The summed E-state index contributed by atoms with van der Waals surface area (Å²) < 4.78 is 17.9. The van der Waals surface area contributed by atoms with Gasteiger partial charge in [-0.15, -0.1) is 0 Å². The first kappa shape index (κ1) is 21.2. The van der Waals surface area contributed by atoms with Crippen molar-refractivity contribution in [1.29, 1.82) is 0 Å². The van der Waals surface area contributed by atoms with Crippen molar-refractivity contribution >= 4 is 11.6 Å². The van der Waals surface area contributed by atoms with Crippen LogP contribution in [-0.4, -0.2) is 51.9 Å². The van der Waals surface area contributed by atoms with E-state index in [4.69, 9.17) is 25.8 Å². The molecule has 4 atom stereocenters. The van der Waals surface area contributed by atoms with Crippen molar-refractivity contribution in [3.8, 4) is 5.75 Å². The standard InChI is InChI=1S/C24H27ClO6/c1-2-29-18-6-3-15(4-7-18)11-16-12-17(5-8-19(16)25)24-13-20(26)21(27)23(31-24,14-30-24)22(28)9-10-22/h3-8,12,20-21,26-28H,2,9-11,13-14H2,1H3/t20?,21-,23-,24+/m0/s1. The zero-order valence-corrected chi connectivity index (χ0v) is 18.1. The third kappa shape index (κ3) is 3.37. The van der Waals surface area contributed by atoms with Crippen molar-refractivity contribution in [2.24, 2.45) is 0 Å². The van der Waals surface area contributed by atoms with Gasteiger partial charge in [0.15, 0.2) is 11.4 Å². The lowest BCUT2D eigenvalue weighted by Crippen LogP contribution is -2.64. The molecular formula is C24H27ClO6. The molecule has 2 aliphatic heterocycles. The molecule has 0 radical (unpaired) electrons. The van der Waals surface area contributed by atoms with E-state index < -0.39 is 29.2 Å². The number of ether oxygens (including phenoxy) is 3. The third-order valence-corrected chi connectivity index (χ3v) is 7.18. The van der Waals surface area contributed by atoms with Gasteiger partial charge < -0.3 is 29.5 Å². The van der Waals surface area contributed by atoms with Crippen LogP contribution < -0.4 is 4.74 Å². The number of benzene rings is 2. The fourth-order valence-electron chi connectivity index (χ4n) is 4.86. The molecule has 2 aromatic rings. The maximum Gasteiger partial charge on any atom is 0.198 e. The second kappa shape index (κ2) is 7.44. The molecule has 3 N–H and O–H groups in total. The van der Waals surface area contributed by atoms with Crippen molar-refractivity contribution in [3.63, 3.8) is 0 Å². The summed E-state index contributed by atoms with van der Waals surface area (Å²) in [6.45, 7) is 2.59. The molecule has 2 bridgehead atoms. The van der Waals surface area contributed by atoms with Gasteiger partial charge in [-0.2, -0.15) is 0 Å². The van der Waals surface area contributed by atoms with Gasteiger partial charge in [0.05, 0.1) is 24.9 Å². The highest BCUT2D eigenvalue weighted by atomic mass is 35.5. The molecule has 31 heavy (non-hydrogen) atoms. The van der Waals surface area contributed by atoms with Gasteiger partial charge in [-0.3, -0.25) is 0 Å². The van der Waals surface area contributed by atoms with Crippen molar-refractivity contribution in [1.82, 2.24) is 0 Å². The van der Waals surface area contributed by atoms with E-state index in [0.29, 0.717) is 30.9 Å². The van der Waals surface area contributed by atoms with E-state index in [2.05, 4.69) is 0 Å². The predicted octanol–water partition coefficient (Wildman–Crippen LogP) is 2.92. The highest BCUT2D eigenvalue weighted by Gasteiger charge is 2.73. The fraction of sp³-hybridized carbons (Fsp3) is 0.500. The van der Waals surface area contributed by atoms with E-state index in [1.807, 2.05) is 43.3 Å². The van der Waals surface area contributed by atoms with Gasteiger partial charge in [0.1, 0.15) is 11.9 Å². The van der Waals surface area contributed by atoms with Gasteiger partial charge in [0, 0.05) is 17.0 Å². The van der Waals surface area contributed by atoms with Gasteiger partial charge in [-0.05, 0) is 61.6 Å². The Labute approximate surface area is 186 Å². The Morgan fingerprint density at radius 1 is 1.13 bits per heavy atom. The van der Waals surface area contributed by atoms with Gasteiger partial charge in [0.25, 0.3) is 0 Å². The van der Waals surface area contributed by atoms with Crippen LogP contribution in [0.3, 0.4) is 0 Å². The van der Waals surface area contributed by atoms with Gasteiger partial charge in [0.2, 0.25) is 0 Å². The van der Waals surface area contributed by atoms with Gasteiger partial charge >= 0.3 is 0 Å². The van der Waals surface area contributed by atoms with Crippen LogP contribution in [0.25, 0.3) is 0 Å². The van der Waals surface area contributed by atoms with Crippen LogP contribution in [0.1, 0.15) is 42.9 Å². The predicted molar refractivity (Wildman–Crippen MR) is 114 cm³/mol. The van der Waals surface area contributed by atoms with Crippen LogP contribution in [0, 0.1) is 0 Å². The SMILES string of the molecule is CCOc1ccc(Cc2cc([C@]34CC(O)[C@H](O)[C@](C5(O)CC5)(CO3)O4)ccc2Cl)cc1. The maximum absolute atomic E-state index is 10.8. The van der Waals surface area contributed by atoms with Crippen molar-refractivity contribution in [2.75, 3.05) is 13.2 Å². The van der Waals surface area contributed by atoms with E-state index in [1.165, 1.54) is 0 Å². The van der Waals surface area contributed by atoms with Crippen LogP contribution in [-0.2, 0) is 21.7 Å². The molecule has 6 nitrogen and oxygen atoms in total. The highest BCUT2D eigenvalue weighted by molar-refractivity contribution is 6.31. The van der Waals surface area contributed by atoms with Gasteiger partial charge in [-0.1, -0.05) is 29.8 Å². The summed E-state index contributed by atoms with van der Waals surface area (Å²) in [4.78, 5) is 0. The topological polar surface area (TPSA) is 88.4 Å². The Bertz CT molecular complexity index is 975. The zero-order chi connectivity index (χ0) is 21.9. The quantitative estimate of drug-likeness (QED) is 0.632. The van der Waals surface area contributed by atoms with Crippen LogP contribution in [0.5, 0.6) is 5.75 Å². The normalized spacial score (nSPS) is 33.3. The Morgan fingerprint density at radius 2 is 1.87 bits per heavy atom. The van der Waals surface area contributed by atoms with Crippen LogP contribution >= 0.6 is 11.6 Å². The van der Waals surface area contributed by atoms with Crippen LogP contribution in [0.4, 0.5) is 0 Å². The summed E-state index contributed by atoms with van der Waals surface area (Å²) >= 11 is 6.49. The molecular weight excluding hydrogens is 420 g/mol. The Balaban J connectivity index is 1.45. The summed E-state index contributed by atoms with van der Waals surface area (Å²) in [5, 5.41) is 32.7. The second-order valence-corrected chi connectivity index (χ2v) is 9.25. The van der Waals surface area contributed by atoms with Crippen LogP contribution in [0.2, 0.25) is 5.02 Å². The molecule has 1 unspecified atom stereocenters. The van der Waals surface area contributed by atoms with E-state index in [-0.39, 0.29) is 13.0 Å². The minimum atomic E-state index is -1.32. The van der Waals surface area contributed by atoms with E-state index in [1.54, 1.807) is 6.07 Å². The Kier molecular flexibility index (Phi) is 5.09. The smallest absolute Gasteiger partial charge is 0.198 e. The molecule has 166 valence electrons. The minimum Gasteiger partial charge on any atom is -0.494 e. The fourth-order valence-corrected chi connectivity index (χ4v) is 5.05. The number of aliphatic hydroxyl groups excluding tert-OH is 2. The molecule has 3 aliphatic rings. The summed E-state index contributed by atoms with van der Waals surface area (Å²) in [5.41, 5.74) is 0.198. The average Bonchev–Trinajstić information content (AvgIpc) is 3.41. The number of halogens is 1.